The summed E-state index contributed by atoms with van der Waals surface area (Å²) >= 11 is 7.07. The van der Waals surface area contributed by atoms with E-state index >= 15 is 0 Å². The fourth-order valence-electron chi connectivity index (χ4n) is 1.27. The van der Waals surface area contributed by atoms with Crippen LogP contribution in [-0.4, -0.2) is 17.2 Å². The van der Waals surface area contributed by atoms with Crippen molar-refractivity contribution in [2.45, 2.75) is 0 Å². The Hall–Kier alpha value is -0.615. The highest BCUT2D eigenvalue weighted by atomic mass is 35.5. The smallest absolute Gasteiger partial charge is 0.423 e. The maximum atomic E-state index is 13.6. The first-order valence-corrected chi connectivity index (χ1v) is 5.08. The SMILES string of the molecule is OB(O)c1ccc2scc(Cl)c2c1F. The molecule has 0 aliphatic heterocycles. The second-order valence-electron chi connectivity index (χ2n) is 2.80. The van der Waals surface area contributed by atoms with Crippen molar-refractivity contribution < 1.29 is 14.4 Å². The summed E-state index contributed by atoms with van der Waals surface area (Å²) in [5.74, 6) is -0.663. The highest BCUT2D eigenvalue weighted by Crippen LogP contribution is 2.30. The molecule has 2 N–H and O–H groups in total. The van der Waals surface area contributed by atoms with Gasteiger partial charge in [0.15, 0.2) is 0 Å². The van der Waals surface area contributed by atoms with E-state index in [1.807, 2.05) is 0 Å². The van der Waals surface area contributed by atoms with E-state index in [4.69, 9.17) is 21.6 Å². The molecular weight excluding hydrogens is 225 g/mol. The molecule has 14 heavy (non-hydrogen) atoms. The van der Waals surface area contributed by atoms with E-state index in [9.17, 15) is 4.39 Å². The summed E-state index contributed by atoms with van der Waals surface area (Å²) in [6.07, 6.45) is 0. The third-order valence-electron chi connectivity index (χ3n) is 1.94. The standard InChI is InChI=1S/C8H5BClFO2S/c10-5-3-14-6-2-1-4(9(12)13)8(11)7(5)6/h1-3,12-13H. The average Bonchev–Trinajstić information content (AvgIpc) is 2.48. The van der Waals surface area contributed by atoms with Crippen molar-refractivity contribution in [1.29, 1.82) is 0 Å². The fraction of sp³-hybridized carbons (Fsp3) is 0. The summed E-state index contributed by atoms with van der Waals surface area (Å²) in [4.78, 5) is 0. The Bertz CT molecular complexity index is 485. The lowest BCUT2D eigenvalue weighted by Gasteiger charge is -2.02. The molecule has 0 radical (unpaired) electrons. The van der Waals surface area contributed by atoms with Gasteiger partial charge in [-0.3, -0.25) is 0 Å². The molecule has 1 aromatic carbocycles. The molecule has 6 heteroatoms. The van der Waals surface area contributed by atoms with E-state index in [1.54, 1.807) is 11.4 Å². The van der Waals surface area contributed by atoms with Crippen LogP contribution in [0.15, 0.2) is 17.5 Å². The first-order chi connectivity index (χ1) is 6.61. The molecule has 0 fully saturated rings. The minimum Gasteiger partial charge on any atom is -0.423 e. The number of halogens is 2. The van der Waals surface area contributed by atoms with Gasteiger partial charge < -0.3 is 10.0 Å². The van der Waals surface area contributed by atoms with Crippen LogP contribution in [0.4, 0.5) is 4.39 Å². The van der Waals surface area contributed by atoms with Gasteiger partial charge in [-0.05, 0) is 6.07 Å². The van der Waals surface area contributed by atoms with Crippen molar-refractivity contribution in [1.82, 2.24) is 0 Å². The minimum atomic E-state index is -1.81. The normalized spacial score (nSPS) is 10.9. The minimum absolute atomic E-state index is 0.155. The predicted octanol–water partition coefficient (Wildman–Crippen LogP) is 1.37. The van der Waals surface area contributed by atoms with Crippen LogP contribution in [0.1, 0.15) is 0 Å². The third kappa shape index (κ3) is 1.42. The van der Waals surface area contributed by atoms with E-state index in [0.29, 0.717) is 9.72 Å². The van der Waals surface area contributed by atoms with Gasteiger partial charge in [0.25, 0.3) is 0 Å². The Kier molecular flexibility index (Phi) is 2.49. The molecule has 2 nitrogen and oxygen atoms in total. The molecule has 0 saturated carbocycles. The van der Waals surface area contributed by atoms with E-state index in [-0.39, 0.29) is 10.8 Å². The van der Waals surface area contributed by atoms with Gasteiger partial charge in [-0.25, -0.2) is 4.39 Å². The molecule has 72 valence electrons. The van der Waals surface area contributed by atoms with Gasteiger partial charge in [0, 0.05) is 20.9 Å². The predicted molar refractivity (Wildman–Crippen MR) is 56.6 cm³/mol. The molecule has 1 heterocycles. The molecule has 0 bridgehead atoms. The number of hydrogen-bond acceptors (Lipinski definition) is 3. The summed E-state index contributed by atoms with van der Waals surface area (Å²) in [5, 5.41) is 19.9. The van der Waals surface area contributed by atoms with Gasteiger partial charge in [0.1, 0.15) is 5.82 Å². The summed E-state index contributed by atoms with van der Waals surface area (Å²) in [5.41, 5.74) is -0.155. The van der Waals surface area contributed by atoms with E-state index in [1.165, 1.54) is 17.4 Å². The second kappa shape index (κ2) is 3.51. The lowest BCUT2D eigenvalue weighted by molar-refractivity contribution is 0.423. The highest BCUT2D eigenvalue weighted by molar-refractivity contribution is 7.17. The van der Waals surface area contributed by atoms with Crippen molar-refractivity contribution >= 4 is 45.6 Å². The first-order valence-electron chi connectivity index (χ1n) is 3.82. The van der Waals surface area contributed by atoms with Gasteiger partial charge in [-0.2, -0.15) is 0 Å². The summed E-state index contributed by atoms with van der Waals surface area (Å²) in [6, 6.07) is 2.96. The van der Waals surface area contributed by atoms with Crippen molar-refractivity contribution in [3.8, 4) is 0 Å². The monoisotopic (exact) mass is 230 g/mol. The van der Waals surface area contributed by atoms with Crippen LogP contribution in [0.25, 0.3) is 10.1 Å². The van der Waals surface area contributed by atoms with E-state index < -0.39 is 12.9 Å². The molecule has 0 atom stereocenters. The lowest BCUT2D eigenvalue weighted by atomic mass is 9.79. The summed E-state index contributed by atoms with van der Waals surface area (Å²) in [7, 11) is -1.81. The third-order valence-corrected chi connectivity index (χ3v) is 3.32. The zero-order valence-electron chi connectivity index (χ0n) is 6.87. The molecular formula is C8H5BClFO2S. The zero-order valence-corrected chi connectivity index (χ0v) is 8.44. The Balaban J connectivity index is 2.79. The van der Waals surface area contributed by atoms with Crippen molar-refractivity contribution in [3.63, 3.8) is 0 Å². The number of rotatable bonds is 1. The van der Waals surface area contributed by atoms with Crippen LogP contribution in [0.2, 0.25) is 5.02 Å². The Morgan fingerprint density at radius 2 is 2.07 bits per heavy atom. The van der Waals surface area contributed by atoms with E-state index in [0.717, 1.165) is 0 Å². The molecule has 1 aromatic heterocycles. The van der Waals surface area contributed by atoms with Gasteiger partial charge >= 0.3 is 7.12 Å². The van der Waals surface area contributed by atoms with Crippen LogP contribution >= 0.6 is 22.9 Å². The molecule has 2 aromatic rings. The van der Waals surface area contributed by atoms with Crippen LogP contribution in [0, 0.1) is 5.82 Å². The zero-order chi connectivity index (χ0) is 10.3. The molecule has 0 aliphatic carbocycles. The summed E-state index contributed by atoms with van der Waals surface area (Å²) in [6.45, 7) is 0. The average molecular weight is 230 g/mol. The van der Waals surface area contributed by atoms with Gasteiger partial charge in [0.2, 0.25) is 0 Å². The number of hydrogen-bond donors (Lipinski definition) is 2. The van der Waals surface area contributed by atoms with Gasteiger partial charge in [-0.15, -0.1) is 11.3 Å². The van der Waals surface area contributed by atoms with Crippen LogP contribution in [-0.2, 0) is 0 Å². The fourth-order valence-corrected chi connectivity index (χ4v) is 2.46. The first kappa shape index (κ1) is 9.92. The van der Waals surface area contributed by atoms with Crippen LogP contribution in [0.5, 0.6) is 0 Å². The molecule has 0 amide bonds. The Morgan fingerprint density at radius 1 is 1.36 bits per heavy atom. The quantitative estimate of drug-likeness (QED) is 0.727. The number of benzene rings is 1. The maximum Gasteiger partial charge on any atom is 0.491 e. The largest absolute Gasteiger partial charge is 0.491 e. The van der Waals surface area contributed by atoms with Crippen molar-refractivity contribution in [2.24, 2.45) is 0 Å². The lowest BCUT2D eigenvalue weighted by Crippen LogP contribution is -2.32. The van der Waals surface area contributed by atoms with Crippen molar-refractivity contribution in [2.75, 3.05) is 0 Å². The molecule has 0 saturated heterocycles. The molecule has 0 spiro atoms. The van der Waals surface area contributed by atoms with E-state index in [2.05, 4.69) is 0 Å². The Morgan fingerprint density at radius 3 is 2.71 bits per heavy atom. The van der Waals surface area contributed by atoms with Gasteiger partial charge in [-0.1, -0.05) is 17.7 Å². The molecule has 0 aliphatic rings. The maximum absolute atomic E-state index is 13.6. The van der Waals surface area contributed by atoms with Gasteiger partial charge in [0.05, 0.1) is 5.02 Å². The number of fused-ring (bicyclic) bond motifs is 1. The molecule has 0 unspecified atom stereocenters. The highest BCUT2D eigenvalue weighted by Gasteiger charge is 2.20. The Labute approximate surface area is 88.7 Å². The molecule has 2 rings (SSSR count). The summed E-state index contributed by atoms with van der Waals surface area (Å²) < 4.78 is 14.3. The van der Waals surface area contributed by atoms with Crippen molar-refractivity contribution in [3.05, 3.63) is 28.4 Å². The number of thiophene rings is 1. The van der Waals surface area contributed by atoms with Crippen LogP contribution < -0.4 is 5.46 Å². The van der Waals surface area contributed by atoms with Crippen LogP contribution in [0.3, 0.4) is 0 Å². The second-order valence-corrected chi connectivity index (χ2v) is 4.12. The topological polar surface area (TPSA) is 40.5 Å².